The van der Waals surface area contributed by atoms with Gasteiger partial charge in [0.15, 0.2) is 0 Å². The summed E-state index contributed by atoms with van der Waals surface area (Å²) in [5, 5.41) is 3.40. The summed E-state index contributed by atoms with van der Waals surface area (Å²) in [7, 11) is 0. The molecule has 0 bridgehead atoms. The minimum atomic E-state index is 0.269. The van der Waals surface area contributed by atoms with E-state index in [9.17, 15) is 0 Å². The molecule has 1 N–H and O–H groups in total. The van der Waals surface area contributed by atoms with E-state index in [1.807, 2.05) is 6.92 Å². The fourth-order valence-corrected chi connectivity index (χ4v) is 1.03. The van der Waals surface area contributed by atoms with Crippen LogP contribution < -0.4 is 5.32 Å². The SMILES string of the molecule is CCCNCC(C)(C)COCC. The predicted molar refractivity (Wildman–Crippen MR) is 53.4 cm³/mol. The Bertz CT molecular complexity index is 102. The van der Waals surface area contributed by atoms with Crippen LogP contribution in [0.1, 0.15) is 34.1 Å². The Morgan fingerprint density at radius 1 is 1.25 bits per heavy atom. The molecule has 0 radical (unpaired) electrons. The zero-order valence-electron chi connectivity index (χ0n) is 8.94. The van der Waals surface area contributed by atoms with Gasteiger partial charge in [-0.1, -0.05) is 20.8 Å². The normalized spacial score (nSPS) is 12.0. The van der Waals surface area contributed by atoms with Gasteiger partial charge in [0.25, 0.3) is 0 Å². The van der Waals surface area contributed by atoms with Gasteiger partial charge in [-0.05, 0) is 19.9 Å². The summed E-state index contributed by atoms with van der Waals surface area (Å²) in [4.78, 5) is 0. The Balaban J connectivity index is 3.42. The molecular weight excluding hydrogens is 150 g/mol. The molecule has 0 aromatic heterocycles. The summed E-state index contributed by atoms with van der Waals surface area (Å²) >= 11 is 0. The van der Waals surface area contributed by atoms with E-state index in [0.29, 0.717) is 0 Å². The Hall–Kier alpha value is -0.0800. The summed E-state index contributed by atoms with van der Waals surface area (Å²) < 4.78 is 5.39. The monoisotopic (exact) mass is 173 g/mol. The molecule has 0 aliphatic heterocycles. The lowest BCUT2D eigenvalue weighted by Gasteiger charge is -2.24. The van der Waals surface area contributed by atoms with Gasteiger partial charge in [0.2, 0.25) is 0 Å². The molecule has 0 aromatic rings. The Kier molecular flexibility index (Phi) is 6.39. The highest BCUT2D eigenvalue weighted by Crippen LogP contribution is 2.13. The van der Waals surface area contributed by atoms with Gasteiger partial charge in [0, 0.05) is 18.6 Å². The minimum Gasteiger partial charge on any atom is -0.381 e. The van der Waals surface area contributed by atoms with Crippen molar-refractivity contribution in [2.45, 2.75) is 34.1 Å². The lowest BCUT2D eigenvalue weighted by molar-refractivity contribution is 0.0707. The standard InChI is InChI=1S/C10H23NO/c1-5-7-11-8-10(3,4)9-12-6-2/h11H,5-9H2,1-4H3. The molecule has 74 valence electrons. The van der Waals surface area contributed by atoms with Crippen LogP contribution in [0.3, 0.4) is 0 Å². The van der Waals surface area contributed by atoms with Gasteiger partial charge >= 0.3 is 0 Å². The largest absolute Gasteiger partial charge is 0.381 e. The van der Waals surface area contributed by atoms with Crippen LogP contribution in [0.2, 0.25) is 0 Å². The van der Waals surface area contributed by atoms with E-state index in [2.05, 4.69) is 26.1 Å². The van der Waals surface area contributed by atoms with E-state index in [4.69, 9.17) is 4.74 Å². The van der Waals surface area contributed by atoms with Crippen molar-refractivity contribution in [2.24, 2.45) is 5.41 Å². The minimum absolute atomic E-state index is 0.269. The van der Waals surface area contributed by atoms with Gasteiger partial charge in [0.05, 0.1) is 6.61 Å². The predicted octanol–water partition coefficient (Wildman–Crippen LogP) is 2.05. The van der Waals surface area contributed by atoms with Crippen molar-refractivity contribution in [1.82, 2.24) is 5.32 Å². The molecule has 12 heavy (non-hydrogen) atoms. The highest BCUT2D eigenvalue weighted by Gasteiger charge is 2.16. The summed E-state index contributed by atoms with van der Waals surface area (Å²) in [5.74, 6) is 0. The molecule has 0 aromatic carbocycles. The summed E-state index contributed by atoms with van der Waals surface area (Å²) in [6.07, 6.45) is 1.20. The summed E-state index contributed by atoms with van der Waals surface area (Å²) in [6, 6.07) is 0. The van der Waals surface area contributed by atoms with Crippen molar-refractivity contribution in [3.8, 4) is 0 Å². The summed E-state index contributed by atoms with van der Waals surface area (Å²) in [6.45, 7) is 12.5. The fraction of sp³-hybridized carbons (Fsp3) is 1.00. The molecule has 0 unspecified atom stereocenters. The zero-order chi connectivity index (χ0) is 9.45. The molecule has 0 amide bonds. The molecule has 0 spiro atoms. The molecule has 0 aliphatic rings. The van der Waals surface area contributed by atoms with Crippen LogP contribution >= 0.6 is 0 Å². The van der Waals surface area contributed by atoms with E-state index >= 15 is 0 Å². The number of nitrogens with one attached hydrogen (secondary N) is 1. The van der Waals surface area contributed by atoms with Crippen LogP contribution in [0.4, 0.5) is 0 Å². The molecule has 0 rings (SSSR count). The van der Waals surface area contributed by atoms with Crippen LogP contribution in [-0.2, 0) is 4.74 Å². The maximum Gasteiger partial charge on any atom is 0.0529 e. The number of hydrogen-bond donors (Lipinski definition) is 1. The molecule has 0 heterocycles. The molecule has 0 aliphatic carbocycles. The Labute approximate surface area is 76.7 Å². The van der Waals surface area contributed by atoms with Crippen LogP contribution in [0.25, 0.3) is 0 Å². The van der Waals surface area contributed by atoms with Crippen molar-refractivity contribution in [2.75, 3.05) is 26.3 Å². The quantitative estimate of drug-likeness (QED) is 0.595. The van der Waals surface area contributed by atoms with Gasteiger partial charge in [-0.2, -0.15) is 0 Å². The number of ether oxygens (including phenoxy) is 1. The maximum absolute atomic E-state index is 5.39. The average Bonchev–Trinajstić information content (AvgIpc) is 2.01. The molecule has 2 heteroatoms. The second-order valence-corrected chi connectivity index (χ2v) is 3.98. The molecule has 0 atom stereocenters. The highest BCUT2D eigenvalue weighted by atomic mass is 16.5. The smallest absolute Gasteiger partial charge is 0.0529 e. The molecule has 0 saturated heterocycles. The van der Waals surface area contributed by atoms with Gasteiger partial charge in [-0.25, -0.2) is 0 Å². The molecular formula is C10H23NO. The van der Waals surface area contributed by atoms with Crippen LogP contribution in [0.15, 0.2) is 0 Å². The average molecular weight is 173 g/mol. The van der Waals surface area contributed by atoms with E-state index < -0.39 is 0 Å². The van der Waals surface area contributed by atoms with Crippen molar-refractivity contribution in [1.29, 1.82) is 0 Å². The van der Waals surface area contributed by atoms with E-state index in [-0.39, 0.29) is 5.41 Å². The third kappa shape index (κ3) is 6.62. The van der Waals surface area contributed by atoms with E-state index in [0.717, 1.165) is 26.3 Å². The first kappa shape index (κ1) is 11.9. The number of hydrogen-bond acceptors (Lipinski definition) is 2. The first-order chi connectivity index (χ1) is 5.62. The molecule has 2 nitrogen and oxygen atoms in total. The van der Waals surface area contributed by atoms with Crippen molar-refractivity contribution in [3.63, 3.8) is 0 Å². The van der Waals surface area contributed by atoms with E-state index in [1.54, 1.807) is 0 Å². The summed E-state index contributed by atoms with van der Waals surface area (Å²) in [5.41, 5.74) is 0.269. The van der Waals surface area contributed by atoms with Crippen molar-refractivity contribution >= 4 is 0 Å². The first-order valence-electron chi connectivity index (χ1n) is 4.91. The van der Waals surface area contributed by atoms with Gasteiger partial charge in [-0.3, -0.25) is 0 Å². The lowest BCUT2D eigenvalue weighted by Crippen LogP contribution is -2.33. The van der Waals surface area contributed by atoms with Crippen LogP contribution in [0.5, 0.6) is 0 Å². The van der Waals surface area contributed by atoms with E-state index in [1.165, 1.54) is 6.42 Å². The van der Waals surface area contributed by atoms with Crippen LogP contribution in [0, 0.1) is 5.41 Å². The zero-order valence-corrected chi connectivity index (χ0v) is 8.94. The van der Waals surface area contributed by atoms with Gasteiger partial charge in [-0.15, -0.1) is 0 Å². The molecule has 0 fully saturated rings. The first-order valence-corrected chi connectivity index (χ1v) is 4.91. The number of rotatable bonds is 7. The van der Waals surface area contributed by atoms with Gasteiger partial charge in [0.1, 0.15) is 0 Å². The van der Waals surface area contributed by atoms with Crippen molar-refractivity contribution in [3.05, 3.63) is 0 Å². The van der Waals surface area contributed by atoms with Crippen LogP contribution in [-0.4, -0.2) is 26.3 Å². The van der Waals surface area contributed by atoms with Crippen molar-refractivity contribution < 1.29 is 4.74 Å². The van der Waals surface area contributed by atoms with Gasteiger partial charge < -0.3 is 10.1 Å². The Morgan fingerprint density at radius 3 is 2.42 bits per heavy atom. The Morgan fingerprint density at radius 2 is 1.92 bits per heavy atom. The maximum atomic E-state index is 5.39. The third-order valence-corrected chi connectivity index (χ3v) is 1.73. The topological polar surface area (TPSA) is 21.3 Å². The lowest BCUT2D eigenvalue weighted by atomic mass is 9.95. The second-order valence-electron chi connectivity index (χ2n) is 3.98. The highest BCUT2D eigenvalue weighted by molar-refractivity contribution is 4.70. The second kappa shape index (κ2) is 6.44. The fourth-order valence-electron chi connectivity index (χ4n) is 1.03. The molecule has 0 saturated carbocycles. The third-order valence-electron chi connectivity index (χ3n) is 1.73.